The van der Waals surface area contributed by atoms with Crippen molar-refractivity contribution >= 4 is 8.32 Å². The van der Waals surface area contributed by atoms with Gasteiger partial charge in [0.1, 0.15) is 5.75 Å². The van der Waals surface area contributed by atoms with Gasteiger partial charge in [-0.1, -0.05) is 113 Å². The Labute approximate surface area is 226 Å². The van der Waals surface area contributed by atoms with Gasteiger partial charge in [-0.3, -0.25) is 5.32 Å². The molecule has 37 heavy (non-hydrogen) atoms. The highest BCUT2D eigenvalue weighted by molar-refractivity contribution is 6.74. The maximum Gasteiger partial charge on any atom is 0.191 e. The second kappa shape index (κ2) is 13.4. The van der Waals surface area contributed by atoms with E-state index in [0.29, 0.717) is 0 Å². The SMILES string of the molecule is COc1ccc(C(NCCCCCCCO[Si](C)(C)C(C)(C)C)(c2ccccc2)c2ccccc2)cc1. The Kier molecular flexibility index (Phi) is 10.6. The van der Waals surface area contributed by atoms with E-state index in [4.69, 9.17) is 9.16 Å². The average molecular weight is 518 g/mol. The minimum absolute atomic E-state index is 0.284. The molecular formula is C33H47NO2Si. The quantitative estimate of drug-likeness (QED) is 0.132. The van der Waals surface area contributed by atoms with Gasteiger partial charge in [-0.2, -0.15) is 0 Å². The van der Waals surface area contributed by atoms with Crippen molar-refractivity contribution < 1.29 is 9.16 Å². The summed E-state index contributed by atoms with van der Waals surface area (Å²) >= 11 is 0. The largest absolute Gasteiger partial charge is 0.497 e. The van der Waals surface area contributed by atoms with Crippen molar-refractivity contribution in [3.63, 3.8) is 0 Å². The Hall–Kier alpha value is -2.40. The fraction of sp³-hybridized carbons (Fsp3) is 0.455. The van der Waals surface area contributed by atoms with Gasteiger partial charge >= 0.3 is 0 Å². The third-order valence-electron chi connectivity index (χ3n) is 7.92. The zero-order valence-electron chi connectivity index (χ0n) is 23.8. The van der Waals surface area contributed by atoms with E-state index >= 15 is 0 Å². The zero-order valence-corrected chi connectivity index (χ0v) is 24.8. The highest BCUT2D eigenvalue weighted by Gasteiger charge is 2.37. The number of benzene rings is 3. The molecule has 0 saturated carbocycles. The molecule has 4 heteroatoms. The predicted molar refractivity (Wildman–Crippen MR) is 160 cm³/mol. The fourth-order valence-corrected chi connectivity index (χ4v) is 5.69. The summed E-state index contributed by atoms with van der Waals surface area (Å²) in [5, 5.41) is 4.28. The average Bonchev–Trinajstić information content (AvgIpc) is 2.90. The van der Waals surface area contributed by atoms with Crippen LogP contribution in [0.2, 0.25) is 18.1 Å². The summed E-state index contributed by atoms with van der Waals surface area (Å²) in [4.78, 5) is 0. The number of unbranched alkanes of at least 4 members (excludes halogenated alkanes) is 4. The maximum absolute atomic E-state index is 6.35. The molecule has 0 heterocycles. The van der Waals surface area contributed by atoms with Gasteiger partial charge < -0.3 is 9.16 Å². The van der Waals surface area contributed by atoms with Crippen LogP contribution in [0.25, 0.3) is 0 Å². The van der Waals surface area contributed by atoms with Gasteiger partial charge in [-0.15, -0.1) is 0 Å². The minimum Gasteiger partial charge on any atom is -0.497 e. The predicted octanol–water partition coefficient (Wildman–Crippen LogP) is 8.55. The third kappa shape index (κ3) is 7.56. The number of nitrogens with one attached hydrogen (secondary N) is 1. The summed E-state index contributed by atoms with van der Waals surface area (Å²) in [6.45, 7) is 13.4. The van der Waals surface area contributed by atoms with Gasteiger partial charge in [-0.05, 0) is 66.3 Å². The molecular weight excluding hydrogens is 470 g/mol. The summed E-state index contributed by atoms with van der Waals surface area (Å²) < 4.78 is 11.8. The van der Waals surface area contributed by atoms with Crippen LogP contribution in [0.3, 0.4) is 0 Å². The lowest BCUT2D eigenvalue weighted by molar-refractivity contribution is 0.277. The first-order valence-corrected chi connectivity index (χ1v) is 16.8. The molecule has 0 atom stereocenters. The van der Waals surface area contributed by atoms with Gasteiger partial charge in [0.2, 0.25) is 0 Å². The van der Waals surface area contributed by atoms with Crippen LogP contribution in [-0.2, 0) is 9.96 Å². The van der Waals surface area contributed by atoms with Crippen LogP contribution in [0.15, 0.2) is 84.9 Å². The highest BCUT2D eigenvalue weighted by Crippen LogP contribution is 2.38. The molecule has 3 nitrogen and oxygen atoms in total. The first-order valence-electron chi connectivity index (χ1n) is 13.9. The van der Waals surface area contributed by atoms with Crippen molar-refractivity contribution in [1.29, 1.82) is 0 Å². The molecule has 1 N–H and O–H groups in total. The number of hydrogen-bond acceptors (Lipinski definition) is 3. The van der Waals surface area contributed by atoms with Crippen LogP contribution in [-0.4, -0.2) is 28.6 Å². The van der Waals surface area contributed by atoms with Crippen molar-refractivity contribution in [2.75, 3.05) is 20.3 Å². The first-order chi connectivity index (χ1) is 17.7. The molecule has 3 aromatic rings. The highest BCUT2D eigenvalue weighted by atomic mass is 28.4. The van der Waals surface area contributed by atoms with Crippen LogP contribution in [0.1, 0.15) is 69.6 Å². The van der Waals surface area contributed by atoms with Crippen LogP contribution >= 0.6 is 0 Å². The van der Waals surface area contributed by atoms with E-state index in [-0.39, 0.29) is 5.04 Å². The molecule has 0 aromatic heterocycles. The maximum atomic E-state index is 6.35. The smallest absolute Gasteiger partial charge is 0.191 e. The lowest BCUT2D eigenvalue weighted by atomic mass is 9.77. The molecule has 0 spiro atoms. The Bertz CT molecular complexity index is 1000. The van der Waals surface area contributed by atoms with E-state index in [1.807, 2.05) is 0 Å². The third-order valence-corrected chi connectivity index (χ3v) is 12.5. The Morgan fingerprint density at radius 2 is 1.14 bits per heavy atom. The van der Waals surface area contributed by atoms with Gasteiger partial charge in [0.25, 0.3) is 0 Å². The van der Waals surface area contributed by atoms with E-state index in [0.717, 1.165) is 31.7 Å². The minimum atomic E-state index is -1.63. The lowest BCUT2D eigenvalue weighted by Gasteiger charge is -2.37. The van der Waals surface area contributed by atoms with Crippen molar-refractivity contribution in [1.82, 2.24) is 5.32 Å². The van der Waals surface area contributed by atoms with E-state index in [2.05, 4.69) is 124 Å². The van der Waals surface area contributed by atoms with Gasteiger partial charge in [0, 0.05) is 6.61 Å². The molecule has 0 fully saturated rings. The summed E-state index contributed by atoms with van der Waals surface area (Å²) in [5.74, 6) is 0.872. The molecule has 0 aliphatic rings. The fourth-order valence-electron chi connectivity index (χ4n) is 4.60. The Morgan fingerprint density at radius 3 is 1.65 bits per heavy atom. The van der Waals surface area contributed by atoms with Crippen LogP contribution in [0, 0.1) is 0 Å². The Morgan fingerprint density at radius 1 is 0.649 bits per heavy atom. The summed E-state index contributed by atoms with van der Waals surface area (Å²) in [5.41, 5.74) is 3.28. The van der Waals surface area contributed by atoms with E-state index in [1.165, 1.54) is 36.0 Å². The van der Waals surface area contributed by atoms with Crippen molar-refractivity contribution in [2.45, 2.75) is 76.5 Å². The lowest BCUT2D eigenvalue weighted by Crippen LogP contribution is -2.45. The zero-order chi connectivity index (χ0) is 26.8. The van der Waals surface area contributed by atoms with Crippen LogP contribution in [0.4, 0.5) is 0 Å². The number of methoxy groups -OCH3 is 1. The van der Waals surface area contributed by atoms with E-state index < -0.39 is 13.9 Å². The molecule has 0 unspecified atom stereocenters. The monoisotopic (exact) mass is 517 g/mol. The van der Waals surface area contributed by atoms with Gasteiger partial charge in [-0.25, -0.2) is 0 Å². The molecule has 0 aliphatic heterocycles. The van der Waals surface area contributed by atoms with E-state index in [9.17, 15) is 0 Å². The Balaban J connectivity index is 1.65. The summed E-state index contributed by atoms with van der Waals surface area (Å²) in [6, 6.07) is 30.1. The van der Waals surface area contributed by atoms with Crippen molar-refractivity contribution in [3.8, 4) is 5.75 Å². The van der Waals surface area contributed by atoms with Crippen LogP contribution in [0.5, 0.6) is 5.75 Å². The molecule has 200 valence electrons. The molecule has 0 amide bonds. The molecule has 0 bridgehead atoms. The second-order valence-corrected chi connectivity index (χ2v) is 16.3. The summed E-state index contributed by atoms with van der Waals surface area (Å²) in [6.07, 6.45) is 5.99. The first kappa shape index (κ1) is 29.2. The van der Waals surface area contributed by atoms with Crippen molar-refractivity contribution in [3.05, 3.63) is 102 Å². The number of hydrogen-bond donors (Lipinski definition) is 1. The molecule has 3 rings (SSSR count). The molecule has 0 aliphatic carbocycles. The van der Waals surface area contributed by atoms with Gasteiger partial charge in [0.05, 0.1) is 12.6 Å². The number of rotatable bonds is 14. The topological polar surface area (TPSA) is 30.5 Å². The second-order valence-electron chi connectivity index (χ2n) is 11.5. The molecule has 0 saturated heterocycles. The normalized spacial score (nSPS) is 12.5. The van der Waals surface area contributed by atoms with Crippen molar-refractivity contribution in [2.24, 2.45) is 0 Å². The standard InChI is InChI=1S/C33H47NO2Si/c1-32(2,3)37(5,6)36-27-17-9-7-8-16-26-34-33(28-18-12-10-13-19-28,29-20-14-11-15-21-29)30-22-24-31(35-4)25-23-30/h10-15,18-25,34H,7-9,16-17,26-27H2,1-6H3. The van der Waals surface area contributed by atoms with Crippen LogP contribution < -0.4 is 10.1 Å². The molecule has 3 aromatic carbocycles. The molecule has 0 radical (unpaired) electrons. The van der Waals surface area contributed by atoms with Gasteiger partial charge in [0.15, 0.2) is 8.32 Å². The number of ether oxygens (including phenoxy) is 1. The summed E-state index contributed by atoms with van der Waals surface area (Å²) in [7, 11) is 0.0888. The van der Waals surface area contributed by atoms with E-state index in [1.54, 1.807) is 7.11 Å².